The van der Waals surface area contributed by atoms with Crippen LogP contribution in [-0.2, 0) is 4.79 Å². The number of nitrogens with two attached hydrogens (primary N) is 1. The second-order valence-corrected chi connectivity index (χ2v) is 5.99. The first kappa shape index (κ1) is 14.2. The van der Waals surface area contributed by atoms with E-state index in [0.717, 1.165) is 37.8 Å². The third kappa shape index (κ3) is 3.21. The molecular formula is C15H21ClN2O. The molecule has 19 heavy (non-hydrogen) atoms. The number of primary amides is 1. The van der Waals surface area contributed by atoms with Gasteiger partial charge in [0, 0.05) is 0 Å². The van der Waals surface area contributed by atoms with Gasteiger partial charge in [-0.05, 0) is 37.3 Å². The number of para-hydroxylation sites is 1. The van der Waals surface area contributed by atoms with Gasteiger partial charge in [0.25, 0.3) is 0 Å². The van der Waals surface area contributed by atoms with Crippen LogP contribution in [0.4, 0.5) is 5.69 Å². The minimum Gasteiger partial charge on any atom is -0.370 e. The molecule has 1 fully saturated rings. The third-order valence-electron chi connectivity index (χ3n) is 4.08. The summed E-state index contributed by atoms with van der Waals surface area (Å²) in [6.07, 6.45) is 4.73. The largest absolute Gasteiger partial charge is 0.370 e. The Hall–Kier alpha value is -1.22. The Morgan fingerprint density at radius 2 is 2.11 bits per heavy atom. The van der Waals surface area contributed by atoms with Gasteiger partial charge in [-0.15, -0.1) is 0 Å². The number of nitrogens with one attached hydrogen (secondary N) is 1. The number of benzene rings is 1. The molecule has 0 aliphatic heterocycles. The smallest absolute Gasteiger partial charge is 0.243 e. The Balaban J connectivity index is 2.25. The lowest BCUT2D eigenvalue weighted by Crippen LogP contribution is -2.50. The second-order valence-electron chi connectivity index (χ2n) is 5.59. The number of hydrogen-bond acceptors (Lipinski definition) is 2. The Kier molecular flexibility index (Phi) is 4.35. The lowest BCUT2D eigenvalue weighted by Gasteiger charge is -2.32. The molecule has 0 aromatic heterocycles. The van der Waals surface area contributed by atoms with Gasteiger partial charge in [-0.3, -0.25) is 4.79 Å². The van der Waals surface area contributed by atoms with Crippen molar-refractivity contribution in [1.82, 2.24) is 0 Å². The van der Waals surface area contributed by atoms with Gasteiger partial charge in [0.1, 0.15) is 5.54 Å². The quantitative estimate of drug-likeness (QED) is 0.832. The molecule has 4 heteroatoms. The first-order valence-corrected chi connectivity index (χ1v) is 7.24. The molecule has 0 spiro atoms. The standard InChI is InChI=1S/C15H21ClN2O/c1-11-5-4-9-15(10-8-11,14(17)19)18-13-7-3-2-6-12(13)16/h2-3,6-7,11,18H,4-5,8-10H2,1H3,(H2,17,19). The summed E-state index contributed by atoms with van der Waals surface area (Å²) >= 11 is 6.16. The van der Waals surface area contributed by atoms with E-state index in [-0.39, 0.29) is 5.91 Å². The average molecular weight is 281 g/mol. The highest BCUT2D eigenvalue weighted by molar-refractivity contribution is 6.33. The van der Waals surface area contributed by atoms with Crippen LogP contribution in [0.25, 0.3) is 0 Å². The van der Waals surface area contributed by atoms with Crippen LogP contribution in [0, 0.1) is 5.92 Å². The highest BCUT2D eigenvalue weighted by Crippen LogP contribution is 2.34. The van der Waals surface area contributed by atoms with Crippen molar-refractivity contribution in [3.8, 4) is 0 Å². The Labute approximate surface area is 119 Å². The number of halogens is 1. The van der Waals surface area contributed by atoms with E-state index in [2.05, 4.69) is 12.2 Å². The maximum absolute atomic E-state index is 12.0. The first-order valence-electron chi connectivity index (χ1n) is 6.86. The van der Waals surface area contributed by atoms with Gasteiger partial charge < -0.3 is 11.1 Å². The van der Waals surface area contributed by atoms with Crippen molar-refractivity contribution in [3.63, 3.8) is 0 Å². The van der Waals surface area contributed by atoms with Crippen molar-refractivity contribution >= 4 is 23.2 Å². The number of carbonyl (C=O) groups excluding carboxylic acids is 1. The van der Waals surface area contributed by atoms with Crippen molar-refractivity contribution < 1.29 is 4.79 Å². The van der Waals surface area contributed by atoms with Crippen LogP contribution in [0.5, 0.6) is 0 Å². The zero-order chi connectivity index (χ0) is 13.9. The summed E-state index contributed by atoms with van der Waals surface area (Å²) in [5.41, 5.74) is 5.80. The maximum atomic E-state index is 12.0. The minimum atomic E-state index is -0.657. The molecule has 104 valence electrons. The van der Waals surface area contributed by atoms with E-state index in [0.29, 0.717) is 10.9 Å². The number of hydrogen-bond donors (Lipinski definition) is 2. The van der Waals surface area contributed by atoms with Gasteiger partial charge in [0.05, 0.1) is 10.7 Å². The Morgan fingerprint density at radius 3 is 2.79 bits per heavy atom. The predicted molar refractivity (Wildman–Crippen MR) is 79.2 cm³/mol. The van der Waals surface area contributed by atoms with Crippen LogP contribution in [-0.4, -0.2) is 11.4 Å². The van der Waals surface area contributed by atoms with Crippen molar-refractivity contribution in [2.45, 2.75) is 44.6 Å². The molecule has 1 aromatic rings. The van der Waals surface area contributed by atoms with E-state index in [9.17, 15) is 4.79 Å². The van der Waals surface area contributed by atoms with Crippen molar-refractivity contribution in [2.24, 2.45) is 11.7 Å². The van der Waals surface area contributed by atoms with E-state index in [4.69, 9.17) is 17.3 Å². The van der Waals surface area contributed by atoms with Gasteiger partial charge >= 0.3 is 0 Å². The Bertz CT molecular complexity index is 463. The normalized spacial score (nSPS) is 27.6. The van der Waals surface area contributed by atoms with Gasteiger partial charge in [-0.25, -0.2) is 0 Å². The monoisotopic (exact) mass is 280 g/mol. The van der Waals surface area contributed by atoms with Gasteiger partial charge in [0.2, 0.25) is 5.91 Å². The summed E-state index contributed by atoms with van der Waals surface area (Å²) in [6.45, 7) is 2.23. The SMILES string of the molecule is CC1CCCC(Nc2ccccc2Cl)(C(N)=O)CC1. The summed E-state index contributed by atoms with van der Waals surface area (Å²) < 4.78 is 0. The van der Waals surface area contributed by atoms with Crippen LogP contribution >= 0.6 is 11.6 Å². The molecule has 2 unspecified atom stereocenters. The van der Waals surface area contributed by atoms with Crippen LogP contribution < -0.4 is 11.1 Å². The molecule has 3 nitrogen and oxygen atoms in total. The molecule has 1 amide bonds. The number of carbonyl (C=O) groups is 1. The molecule has 1 aromatic carbocycles. The van der Waals surface area contributed by atoms with Gasteiger partial charge in [-0.1, -0.05) is 43.5 Å². The predicted octanol–water partition coefficient (Wildman–Crippen LogP) is 3.58. The summed E-state index contributed by atoms with van der Waals surface area (Å²) in [5.74, 6) is 0.371. The van der Waals surface area contributed by atoms with Crippen molar-refractivity contribution in [2.75, 3.05) is 5.32 Å². The fourth-order valence-corrected chi connectivity index (χ4v) is 2.95. The van der Waals surface area contributed by atoms with Gasteiger partial charge in [0.15, 0.2) is 0 Å². The first-order chi connectivity index (χ1) is 9.03. The molecular weight excluding hydrogens is 260 g/mol. The summed E-state index contributed by atoms with van der Waals surface area (Å²) in [6, 6.07) is 7.49. The fourth-order valence-electron chi connectivity index (χ4n) is 2.77. The molecule has 2 rings (SSSR count). The number of anilines is 1. The summed E-state index contributed by atoms with van der Waals surface area (Å²) in [4.78, 5) is 12.0. The second kappa shape index (κ2) is 5.83. The number of rotatable bonds is 3. The van der Waals surface area contributed by atoms with Crippen molar-refractivity contribution in [1.29, 1.82) is 0 Å². The molecule has 3 N–H and O–H groups in total. The van der Waals surface area contributed by atoms with Crippen molar-refractivity contribution in [3.05, 3.63) is 29.3 Å². The third-order valence-corrected chi connectivity index (χ3v) is 4.41. The summed E-state index contributed by atoms with van der Waals surface area (Å²) in [7, 11) is 0. The highest BCUT2D eigenvalue weighted by atomic mass is 35.5. The molecule has 0 bridgehead atoms. The van der Waals surface area contributed by atoms with E-state index < -0.39 is 5.54 Å². The number of amides is 1. The molecule has 1 aliphatic rings. The topological polar surface area (TPSA) is 55.1 Å². The zero-order valence-corrected chi connectivity index (χ0v) is 12.0. The summed E-state index contributed by atoms with van der Waals surface area (Å²) in [5, 5.41) is 3.94. The van der Waals surface area contributed by atoms with E-state index in [1.54, 1.807) is 0 Å². The lowest BCUT2D eigenvalue weighted by atomic mass is 9.88. The van der Waals surface area contributed by atoms with Crippen LogP contribution in [0.3, 0.4) is 0 Å². The van der Waals surface area contributed by atoms with Crippen LogP contribution in [0.15, 0.2) is 24.3 Å². The van der Waals surface area contributed by atoms with Crippen LogP contribution in [0.1, 0.15) is 39.0 Å². The molecule has 1 saturated carbocycles. The molecule has 0 heterocycles. The molecule has 1 aliphatic carbocycles. The van der Waals surface area contributed by atoms with E-state index >= 15 is 0 Å². The fraction of sp³-hybridized carbons (Fsp3) is 0.533. The average Bonchev–Trinajstić information content (AvgIpc) is 2.56. The molecule has 0 saturated heterocycles. The van der Waals surface area contributed by atoms with Gasteiger partial charge in [-0.2, -0.15) is 0 Å². The highest BCUT2D eigenvalue weighted by Gasteiger charge is 2.38. The Morgan fingerprint density at radius 1 is 1.37 bits per heavy atom. The van der Waals surface area contributed by atoms with E-state index in [1.165, 1.54) is 0 Å². The lowest BCUT2D eigenvalue weighted by molar-refractivity contribution is -0.122. The molecule has 2 atom stereocenters. The zero-order valence-electron chi connectivity index (χ0n) is 11.3. The van der Waals surface area contributed by atoms with E-state index in [1.807, 2.05) is 24.3 Å². The minimum absolute atomic E-state index is 0.276. The maximum Gasteiger partial charge on any atom is 0.243 e. The van der Waals surface area contributed by atoms with Crippen LogP contribution in [0.2, 0.25) is 5.02 Å². The molecule has 0 radical (unpaired) electrons.